The Bertz CT molecular complexity index is 575. The number of thioether (sulfide) groups is 1. The van der Waals surface area contributed by atoms with Crippen molar-refractivity contribution in [3.63, 3.8) is 0 Å². The third-order valence-corrected chi connectivity index (χ3v) is 6.14. The summed E-state index contributed by atoms with van der Waals surface area (Å²) in [7, 11) is -3.51. The summed E-state index contributed by atoms with van der Waals surface area (Å²) in [6.45, 7) is 3.40. The maximum absolute atomic E-state index is 12.2. The minimum Gasteiger partial charge on any atom is -0.326 e. The van der Waals surface area contributed by atoms with E-state index in [0.29, 0.717) is 17.1 Å². The lowest BCUT2D eigenvalue weighted by Crippen LogP contribution is -2.39. The van der Waals surface area contributed by atoms with Gasteiger partial charge in [0.15, 0.2) is 0 Å². The Hall–Kier alpha value is -0.310. The number of hydrogen-bond donors (Lipinski definition) is 2. The van der Waals surface area contributed by atoms with Crippen molar-refractivity contribution in [3.8, 4) is 0 Å². The molecule has 0 radical (unpaired) electrons. The second-order valence-electron chi connectivity index (χ2n) is 4.81. The minimum absolute atomic E-state index is 0.210. The van der Waals surface area contributed by atoms with Gasteiger partial charge in [0.25, 0.3) is 0 Å². The monoisotopic (exact) mass is 349 g/mol. The molecule has 0 amide bonds. The molecule has 0 aromatic heterocycles. The number of rotatable bonds is 6. The Morgan fingerprint density at radius 1 is 1.33 bits per heavy atom. The lowest BCUT2D eigenvalue weighted by Gasteiger charge is -2.25. The van der Waals surface area contributed by atoms with Crippen LogP contribution in [-0.2, 0) is 16.6 Å². The summed E-state index contributed by atoms with van der Waals surface area (Å²) < 4.78 is 27.1. The second-order valence-corrected chi connectivity index (χ2v) is 8.21. The van der Waals surface area contributed by atoms with Gasteiger partial charge in [0.2, 0.25) is 10.0 Å². The Labute approximate surface area is 135 Å². The van der Waals surface area contributed by atoms with Gasteiger partial charge in [-0.3, -0.25) is 0 Å². The molecule has 1 fully saturated rings. The minimum atomic E-state index is -3.51. The van der Waals surface area contributed by atoms with Crippen molar-refractivity contribution in [2.45, 2.75) is 11.4 Å². The highest BCUT2D eigenvalue weighted by atomic mass is 35.5. The van der Waals surface area contributed by atoms with Gasteiger partial charge in [0, 0.05) is 49.3 Å². The molecule has 1 aromatic rings. The Morgan fingerprint density at radius 3 is 2.71 bits per heavy atom. The van der Waals surface area contributed by atoms with Crippen LogP contribution in [0.3, 0.4) is 0 Å². The number of halogens is 1. The molecule has 1 aromatic carbocycles. The van der Waals surface area contributed by atoms with Gasteiger partial charge in [-0.1, -0.05) is 11.6 Å². The van der Waals surface area contributed by atoms with Crippen LogP contribution < -0.4 is 10.5 Å². The zero-order chi connectivity index (χ0) is 15.3. The van der Waals surface area contributed by atoms with Crippen LogP contribution in [-0.4, -0.2) is 51.0 Å². The lowest BCUT2D eigenvalue weighted by atomic mass is 10.2. The van der Waals surface area contributed by atoms with Crippen molar-refractivity contribution in [1.82, 2.24) is 9.62 Å². The molecule has 0 bridgehead atoms. The van der Waals surface area contributed by atoms with E-state index in [1.807, 2.05) is 11.8 Å². The second kappa shape index (κ2) is 7.80. The Kier molecular flexibility index (Phi) is 6.34. The highest BCUT2D eigenvalue weighted by Gasteiger charge is 2.16. The third-order valence-electron chi connectivity index (χ3n) is 3.37. The Balaban J connectivity index is 1.94. The summed E-state index contributed by atoms with van der Waals surface area (Å²) in [6.07, 6.45) is 0. The molecule has 5 nitrogen and oxygen atoms in total. The first kappa shape index (κ1) is 17.1. The fourth-order valence-electron chi connectivity index (χ4n) is 2.12. The maximum Gasteiger partial charge on any atom is 0.240 e. The van der Waals surface area contributed by atoms with E-state index in [0.717, 1.165) is 31.1 Å². The Morgan fingerprint density at radius 2 is 2.05 bits per heavy atom. The van der Waals surface area contributed by atoms with E-state index in [9.17, 15) is 8.42 Å². The zero-order valence-corrected chi connectivity index (χ0v) is 14.1. The summed E-state index contributed by atoms with van der Waals surface area (Å²) in [5.41, 5.74) is 6.18. The van der Waals surface area contributed by atoms with E-state index in [1.54, 1.807) is 6.07 Å². The average Bonchev–Trinajstić information content (AvgIpc) is 2.48. The zero-order valence-electron chi connectivity index (χ0n) is 11.7. The van der Waals surface area contributed by atoms with Crippen molar-refractivity contribution < 1.29 is 8.42 Å². The van der Waals surface area contributed by atoms with Crippen LogP contribution >= 0.6 is 23.4 Å². The molecule has 8 heteroatoms. The predicted molar refractivity (Wildman–Crippen MR) is 88.3 cm³/mol. The molecule has 1 aliphatic rings. The van der Waals surface area contributed by atoms with Crippen molar-refractivity contribution in [2.75, 3.05) is 37.7 Å². The van der Waals surface area contributed by atoms with E-state index in [-0.39, 0.29) is 11.4 Å². The van der Waals surface area contributed by atoms with Crippen molar-refractivity contribution in [2.24, 2.45) is 5.73 Å². The molecule has 1 aliphatic heterocycles. The number of benzene rings is 1. The largest absolute Gasteiger partial charge is 0.326 e. The summed E-state index contributed by atoms with van der Waals surface area (Å²) in [4.78, 5) is 2.48. The molecule has 1 saturated heterocycles. The summed E-state index contributed by atoms with van der Waals surface area (Å²) in [6, 6.07) is 4.60. The van der Waals surface area contributed by atoms with Crippen LogP contribution in [0.1, 0.15) is 5.56 Å². The number of nitrogens with zero attached hydrogens (tertiary/aromatic N) is 1. The molecule has 0 saturated carbocycles. The quantitative estimate of drug-likeness (QED) is 0.805. The molecular weight excluding hydrogens is 330 g/mol. The first-order chi connectivity index (χ1) is 10.0. The SMILES string of the molecule is NCc1cc(S(=O)(=O)NCCN2CCSCC2)ccc1Cl. The molecule has 0 atom stereocenters. The van der Waals surface area contributed by atoms with Crippen LogP contribution in [0.4, 0.5) is 0 Å². The van der Waals surface area contributed by atoms with E-state index in [1.165, 1.54) is 12.1 Å². The summed E-state index contributed by atoms with van der Waals surface area (Å²) >= 11 is 7.88. The molecule has 2 rings (SSSR count). The summed E-state index contributed by atoms with van der Waals surface area (Å²) in [5.74, 6) is 2.23. The number of hydrogen-bond acceptors (Lipinski definition) is 5. The number of nitrogens with one attached hydrogen (secondary N) is 1. The lowest BCUT2D eigenvalue weighted by molar-refractivity contribution is 0.307. The van der Waals surface area contributed by atoms with Crippen LogP contribution in [0.5, 0.6) is 0 Å². The molecule has 21 heavy (non-hydrogen) atoms. The molecule has 3 N–H and O–H groups in total. The first-order valence-electron chi connectivity index (χ1n) is 6.81. The fourth-order valence-corrected chi connectivity index (χ4v) is 4.37. The first-order valence-corrected chi connectivity index (χ1v) is 9.83. The number of nitrogens with two attached hydrogens (primary N) is 1. The van der Waals surface area contributed by atoms with Crippen molar-refractivity contribution >= 4 is 33.4 Å². The number of sulfonamides is 1. The van der Waals surface area contributed by atoms with E-state index >= 15 is 0 Å². The topological polar surface area (TPSA) is 75.4 Å². The van der Waals surface area contributed by atoms with Gasteiger partial charge >= 0.3 is 0 Å². The fraction of sp³-hybridized carbons (Fsp3) is 0.538. The molecule has 1 heterocycles. The predicted octanol–water partition coefficient (Wildman–Crippen LogP) is 1.13. The van der Waals surface area contributed by atoms with Crippen LogP contribution in [0.2, 0.25) is 5.02 Å². The highest BCUT2D eigenvalue weighted by molar-refractivity contribution is 7.99. The van der Waals surface area contributed by atoms with Crippen LogP contribution in [0.25, 0.3) is 0 Å². The highest BCUT2D eigenvalue weighted by Crippen LogP contribution is 2.19. The third kappa shape index (κ3) is 4.84. The molecule has 118 valence electrons. The summed E-state index contributed by atoms with van der Waals surface area (Å²) in [5, 5.41) is 0.488. The van der Waals surface area contributed by atoms with Gasteiger partial charge < -0.3 is 10.6 Å². The van der Waals surface area contributed by atoms with E-state index < -0.39 is 10.0 Å². The molecule has 0 unspecified atom stereocenters. The molecular formula is C13H20ClN3O2S2. The van der Waals surface area contributed by atoms with Crippen LogP contribution in [0, 0.1) is 0 Å². The van der Waals surface area contributed by atoms with Gasteiger partial charge in [0.1, 0.15) is 0 Å². The maximum atomic E-state index is 12.2. The van der Waals surface area contributed by atoms with Gasteiger partial charge in [-0.25, -0.2) is 13.1 Å². The van der Waals surface area contributed by atoms with Gasteiger partial charge in [-0.15, -0.1) is 0 Å². The van der Waals surface area contributed by atoms with Gasteiger partial charge in [-0.05, 0) is 23.8 Å². The van der Waals surface area contributed by atoms with Crippen molar-refractivity contribution in [1.29, 1.82) is 0 Å². The average molecular weight is 350 g/mol. The van der Waals surface area contributed by atoms with Gasteiger partial charge in [-0.2, -0.15) is 11.8 Å². The van der Waals surface area contributed by atoms with Gasteiger partial charge in [0.05, 0.1) is 4.90 Å². The normalized spacial score (nSPS) is 17.0. The smallest absolute Gasteiger partial charge is 0.240 e. The molecule has 0 spiro atoms. The standard InChI is InChI=1S/C13H20ClN3O2S2/c14-13-2-1-12(9-11(13)10-15)21(18,19)16-3-4-17-5-7-20-8-6-17/h1-2,9,16H,3-8,10,15H2. The van der Waals surface area contributed by atoms with E-state index in [2.05, 4.69) is 9.62 Å². The van der Waals surface area contributed by atoms with Crippen molar-refractivity contribution in [3.05, 3.63) is 28.8 Å². The molecule has 0 aliphatic carbocycles. The van der Waals surface area contributed by atoms with Crippen LogP contribution in [0.15, 0.2) is 23.1 Å². The van der Waals surface area contributed by atoms with E-state index in [4.69, 9.17) is 17.3 Å².